The Morgan fingerprint density at radius 2 is 2.21 bits per heavy atom. The normalized spacial score (nSPS) is 9.68. The van der Waals surface area contributed by atoms with Crippen LogP contribution in [0.3, 0.4) is 0 Å². The lowest BCUT2D eigenvalue weighted by Gasteiger charge is -2.08. The van der Waals surface area contributed by atoms with Gasteiger partial charge in [-0.3, -0.25) is 0 Å². The van der Waals surface area contributed by atoms with Gasteiger partial charge in [0.1, 0.15) is 22.9 Å². The number of hydrogen-bond acceptors (Lipinski definition) is 4. The Morgan fingerprint density at radius 1 is 1.42 bits per heavy atom. The van der Waals surface area contributed by atoms with Crippen LogP contribution in [0.1, 0.15) is 15.9 Å². The van der Waals surface area contributed by atoms with Gasteiger partial charge in [-0.15, -0.1) is 0 Å². The average Bonchev–Trinajstić information content (AvgIpc) is 2.41. The maximum atomic E-state index is 11.1. The van der Waals surface area contributed by atoms with Crippen LogP contribution in [0.4, 0.5) is 0 Å². The van der Waals surface area contributed by atoms with Crippen LogP contribution in [0.25, 0.3) is 0 Å². The lowest BCUT2D eigenvalue weighted by atomic mass is 10.2. The molecule has 6 heteroatoms. The van der Waals surface area contributed by atoms with Crippen LogP contribution in [0, 0.1) is 11.3 Å². The summed E-state index contributed by atoms with van der Waals surface area (Å²) in [5, 5.41) is 18.3. The highest BCUT2D eigenvalue weighted by molar-refractivity contribution is 6.31. The molecule has 0 saturated carbocycles. The highest BCUT2D eigenvalue weighted by atomic mass is 35.5. The van der Waals surface area contributed by atoms with Gasteiger partial charge in [0, 0.05) is 11.2 Å². The first-order valence-electron chi connectivity index (χ1n) is 5.17. The largest absolute Gasteiger partial charge is 0.478 e. The minimum absolute atomic E-state index is 0.0508. The molecule has 2 rings (SSSR count). The highest BCUT2D eigenvalue weighted by Crippen LogP contribution is 2.28. The molecule has 0 saturated heterocycles. The van der Waals surface area contributed by atoms with E-state index < -0.39 is 5.97 Å². The molecule has 19 heavy (non-hydrogen) atoms. The molecule has 0 aliphatic carbocycles. The smallest absolute Gasteiger partial charge is 0.339 e. The molecule has 0 amide bonds. The van der Waals surface area contributed by atoms with Crippen LogP contribution in [0.2, 0.25) is 5.02 Å². The van der Waals surface area contributed by atoms with Gasteiger partial charge in [-0.05, 0) is 30.3 Å². The number of nitriles is 1. The van der Waals surface area contributed by atoms with Crippen LogP contribution in [0.5, 0.6) is 11.6 Å². The predicted molar refractivity (Wildman–Crippen MR) is 67.4 cm³/mol. The summed E-state index contributed by atoms with van der Waals surface area (Å²) >= 11 is 5.74. The molecule has 1 N–H and O–H groups in total. The van der Waals surface area contributed by atoms with E-state index in [1.165, 1.54) is 30.5 Å². The van der Waals surface area contributed by atoms with E-state index in [0.717, 1.165) is 0 Å². The Bertz CT molecular complexity index is 680. The molecular weight excluding hydrogens is 268 g/mol. The van der Waals surface area contributed by atoms with Crippen molar-refractivity contribution in [1.82, 2.24) is 4.98 Å². The SMILES string of the molecule is N#Cc1cccnc1Oc1ccc(Cl)cc1C(=O)O. The Kier molecular flexibility index (Phi) is 3.64. The second kappa shape index (κ2) is 5.38. The van der Waals surface area contributed by atoms with Crippen molar-refractivity contribution in [3.63, 3.8) is 0 Å². The minimum atomic E-state index is -1.17. The summed E-state index contributed by atoms with van der Waals surface area (Å²) in [4.78, 5) is 15.0. The number of nitrogens with zero attached hydrogens (tertiary/aromatic N) is 2. The fraction of sp³-hybridized carbons (Fsp3) is 0. The first-order valence-corrected chi connectivity index (χ1v) is 5.55. The van der Waals surface area contributed by atoms with Gasteiger partial charge in [0.05, 0.1) is 0 Å². The Hall–Kier alpha value is -2.58. The lowest BCUT2D eigenvalue weighted by molar-refractivity contribution is 0.0694. The number of carboxylic acids is 1. The van der Waals surface area contributed by atoms with E-state index in [4.69, 9.17) is 26.7 Å². The monoisotopic (exact) mass is 274 g/mol. The van der Waals surface area contributed by atoms with Gasteiger partial charge in [0.15, 0.2) is 0 Å². The van der Waals surface area contributed by atoms with Gasteiger partial charge in [0.2, 0.25) is 5.88 Å². The third-order valence-electron chi connectivity index (χ3n) is 2.27. The number of pyridine rings is 1. The first kappa shape index (κ1) is 12.9. The molecule has 0 spiro atoms. The van der Waals surface area contributed by atoms with Gasteiger partial charge < -0.3 is 9.84 Å². The number of aromatic carboxylic acids is 1. The molecule has 0 unspecified atom stereocenters. The van der Waals surface area contributed by atoms with Crippen molar-refractivity contribution in [1.29, 1.82) is 5.26 Å². The van der Waals surface area contributed by atoms with E-state index in [-0.39, 0.29) is 27.8 Å². The molecular formula is C13H7ClN2O3. The van der Waals surface area contributed by atoms with Crippen molar-refractivity contribution >= 4 is 17.6 Å². The molecule has 1 aromatic heterocycles. The van der Waals surface area contributed by atoms with Crippen LogP contribution in [0.15, 0.2) is 36.5 Å². The number of rotatable bonds is 3. The maximum absolute atomic E-state index is 11.1. The maximum Gasteiger partial charge on any atom is 0.339 e. The third kappa shape index (κ3) is 2.81. The average molecular weight is 275 g/mol. The molecule has 0 aliphatic heterocycles. The topological polar surface area (TPSA) is 83.2 Å². The fourth-order valence-electron chi connectivity index (χ4n) is 1.42. The Labute approximate surface area is 113 Å². The van der Waals surface area contributed by atoms with E-state index in [1.54, 1.807) is 6.07 Å². The molecule has 0 aliphatic rings. The van der Waals surface area contributed by atoms with Crippen LogP contribution in [-0.2, 0) is 0 Å². The number of hydrogen-bond donors (Lipinski definition) is 1. The molecule has 0 fully saturated rings. The van der Waals surface area contributed by atoms with Crippen molar-refractivity contribution in [3.05, 3.63) is 52.7 Å². The van der Waals surface area contributed by atoms with Crippen molar-refractivity contribution < 1.29 is 14.6 Å². The van der Waals surface area contributed by atoms with E-state index in [1.807, 2.05) is 6.07 Å². The van der Waals surface area contributed by atoms with Gasteiger partial charge in [-0.25, -0.2) is 9.78 Å². The summed E-state index contributed by atoms with van der Waals surface area (Å²) in [6.07, 6.45) is 1.45. The first-order chi connectivity index (χ1) is 9.11. The molecule has 0 bridgehead atoms. The summed E-state index contributed by atoms with van der Waals surface area (Å²) in [5.41, 5.74) is 0.121. The van der Waals surface area contributed by atoms with E-state index in [9.17, 15) is 4.79 Å². The number of halogens is 1. The lowest BCUT2D eigenvalue weighted by Crippen LogP contribution is -2.01. The zero-order valence-corrected chi connectivity index (χ0v) is 10.3. The molecule has 0 atom stereocenters. The number of ether oxygens (including phenoxy) is 1. The number of carbonyl (C=O) groups is 1. The van der Waals surface area contributed by atoms with E-state index in [0.29, 0.717) is 0 Å². The molecule has 0 radical (unpaired) electrons. The molecule has 5 nitrogen and oxygen atoms in total. The summed E-state index contributed by atoms with van der Waals surface area (Å²) < 4.78 is 5.37. The highest BCUT2D eigenvalue weighted by Gasteiger charge is 2.14. The zero-order chi connectivity index (χ0) is 13.8. The molecule has 94 valence electrons. The molecule has 2 aromatic rings. The number of benzene rings is 1. The van der Waals surface area contributed by atoms with E-state index >= 15 is 0 Å². The van der Waals surface area contributed by atoms with Crippen LogP contribution >= 0.6 is 11.6 Å². The molecule has 1 aromatic carbocycles. The Balaban J connectivity index is 2.44. The summed E-state index contributed by atoms with van der Waals surface area (Å²) in [6, 6.07) is 9.22. The minimum Gasteiger partial charge on any atom is -0.478 e. The van der Waals surface area contributed by atoms with Gasteiger partial charge in [-0.1, -0.05) is 11.6 Å². The predicted octanol–water partition coefficient (Wildman–Crippen LogP) is 3.10. The van der Waals surface area contributed by atoms with Crippen molar-refractivity contribution in [2.45, 2.75) is 0 Å². The van der Waals surface area contributed by atoms with Crippen LogP contribution < -0.4 is 4.74 Å². The Morgan fingerprint density at radius 3 is 2.89 bits per heavy atom. The second-order valence-electron chi connectivity index (χ2n) is 3.52. The van der Waals surface area contributed by atoms with Crippen molar-refractivity contribution in [2.24, 2.45) is 0 Å². The summed E-state index contributed by atoms with van der Waals surface area (Å²) in [7, 11) is 0. The van der Waals surface area contributed by atoms with Gasteiger partial charge >= 0.3 is 5.97 Å². The van der Waals surface area contributed by atoms with Gasteiger partial charge in [0.25, 0.3) is 0 Å². The summed E-state index contributed by atoms with van der Waals surface area (Å²) in [5.74, 6) is -1.05. The van der Waals surface area contributed by atoms with Crippen molar-refractivity contribution in [3.8, 4) is 17.7 Å². The number of carboxylic acid groups (broad SMARTS) is 1. The second-order valence-corrected chi connectivity index (χ2v) is 3.95. The number of aromatic nitrogens is 1. The fourth-order valence-corrected chi connectivity index (χ4v) is 1.59. The molecule has 1 heterocycles. The third-order valence-corrected chi connectivity index (χ3v) is 2.51. The zero-order valence-electron chi connectivity index (χ0n) is 9.50. The summed E-state index contributed by atoms with van der Waals surface area (Å²) in [6.45, 7) is 0. The van der Waals surface area contributed by atoms with Gasteiger partial charge in [-0.2, -0.15) is 5.26 Å². The van der Waals surface area contributed by atoms with Crippen molar-refractivity contribution in [2.75, 3.05) is 0 Å². The standard InChI is InChI=1S/C13H7ClN2O3/c14-9-3-4-11(10(6-9)13(17)18)19-12-8(7-15)2-1-5-16-12/h1-6H,(H,17,18). The quantitative estimate of drug-likeness (QED) is 0.930. The van der Waals surface area contributed by atoms with Crippen LogP contribution in [-0.4, -0.2) is 16.1 Å². The van der Waals surface area contributed by atoms with E-state index in [2.05, 4.69) is 4.98 Å².